The van der Waals surface area contributed by atoms with Gasteiger partial charge in [0.25, 0.3) is 6.48 Å². The van der Waals surface area contributed by atoms with Gasteiger partial charge in [0.05, 0.1) is 0 Å². The van der Waals surface area contributed by atoms with Gasteiger partial charge in [-0.1, -0.05) is 91.0 Å². The van der Waals surface area contributed by atoms with Gasteiger partial charge in [-0.25, -0.2) is 0 Å². The molecule has 3 aromatic rings. The molecule has 0 amide bonds. The quantitative estimate of drug-likeness (QED) is 0.648. The standard InChI is InChI=1S/C23H22O3/c1-2-24-22-25-21(18-12-6-3-7-13-18)23(26-22,19-14-8-4-9-15-19)20-16-10-5-11-17-20/h3-17,21-22H,2H2,1H3/t21-,22?/m0/s1. The van der Waals surface area contributed by atoms with E-state index in [9.17, 15) is 0 Å². The lowest BCUT2D eigenvalue weighted by Gasteiger charge is -2.33. The van der Waals surface area contributed by atoms with Crippen molar-refractivity contribution in [2.45, 2.75) is 25.1 Å². The second-order valence-corrected chi connectivity index (χ2v) is 6.26. The van der Waals surface area contributed by atoms with Crippen LogP contribution in [0.2, 0.25) is 0 Å². The molecule has 0 radical (unpaired) electrons. The Morgan fingerprint density at radius 1 is 0.769 bits per heavy atom. The smallest absolute Gasteiger partial charge is 0.273 e. The average Bonchev–Trinajstić information content (AvgIpc) is 3.11. The summed E-state index contributed by atoms with van der Waals surface area (Å²) in [5, 5.41) is 0. The molecule has 3 aromatic carbocycles. The highest BCUT2D eigenvalue weighted by Crippen LogP contribution is 2.52. The number of hydrogen-bond acceptors (Lipinski definition) is 3. The van der Waals surface area contributed by atoms with Crippen LogP contribution < -0.4 is 0 Å². The predicted molar refractivity (Wildman–Crippen MR) is 100 cm³/mol. The van der Waals surface area contributed by atoms with Gasteiger partial charge in [0, 0.05) is 6.61 Å². The van der Waals surface area contributed by atoms with Crippen LogP contribution in [0.5, 0.6) is 0 Å². The van der Waals surface area contributed by atoms with E-state index >= 15 is 0 Å². The summed E-state index contributed by atoms with van der Waals surface area (Å²) >= 11 is 0. The fourth-order valence-corrected chi connectivity index (χ4v) is 3.58. The summed E-state index contributed by atoms with van der Waals surface area (Å²) in [4.78, 5) is 0. The van der Waals surface area contributed by atoms with Gasteiger partial charge < -0.3 is 14.2 Å². The zero-order valence-corrected chi connectivity index (χ0v) is 14.7. The van der Waals surface area contributed by atoms with E-state index in [2.05, 4.69) is 36.4 Å². The maximum Gasteiger partial charge on any atom is 0.273 e. The van der Waals surface area contributed by atoms with Crippen LogP contribution in [-0.2, 0) is 19.8 Å². The minimum atomic E-state index is -0.774. The van der Waals surface area contributed by atoms with E-state index in [-0.39, 0.29) is 6.10 Å². The summed E-state index contributed by atoms with van der Waals surface area (Å²) in [6.45, 7) is 1.74. The molecule has 2 atom stereocenters. The fraction of sp³-hybridized carbons (Fsp3) is 0.217. The van der Waals surface area contributed by atoms with E-state index in [1.54, 1.807) is 0 Å². The van der Waals surface area contributed by atoms with Crippen molar-refractivity contribution in [1.82, 2.24) is 0 Å². The Kier molecular flexibility index (Phi) is 4.85. The van der Waals surface area contributed by atoms with Crippen LogP contribution in [0.25, 0.3) is 0 Å². The van der Waals surface area contributed by atoms with Crippen LogP contribution in [0.15, 0.2) is 91.0 Å². The molecule has 0 bridgehead atoms. The number of benzene rings is 3. The van der Waals surface area contributed by atoms with E-state index in [1.165, 1.54) is 0 Å². The molecule has 0 spiro atoms. The molecule has 1 saturated heterocycles. The van der Waals surface area contributed by atoms with Crippen LogP contribution in [0.1, 0.15) is 29.7 Å². The summed E-state index contributed by atoms with van der Waals surface area (Å²) in [5.41, 5.74) is 2.37. The van der Waals surface area contributed by atoms with Crippen LogP contribution >= 0.6 is 0 Å². The van der Waals surface area contributed by atoms with Gasteiger partial charge in [-0.05, 0) is 23.6 Å². The lowest BCUT2D eigenvalue weighted by atomic mass is 9.79. The summed E-state index contributed by atoms with van der Waals surface area (Å²) in [6.07, 6.45) is -0.315. The first-order valence-corrected chi connectivity index (χ1v) is 8.95. The van der Waals surface area contributed by atoms with Gasteiger partial charge in [0.1, 0.15) is 6.10 Å². The second-order valence-electron chi connectivity index (χ2n) is 6.26. The van der Waals surface area contributed by atoms with E-state index in [1.807, 2.05) is 61.5 Å². The van der Waals surface area contributed by atoms with E-state index in [0.717, 1.165) is 16.7 Å². The van der Waals surface area contributed by atoms with Crippen molar-refractivity contribution < 1.29 is 14.2 Å². The molecule has 26 heavy (non-hydrogen) atoms. The largest absolute Gasteiger partial charge is 0.330 e. The minimum Gasteiger partial charge on any atom is -0.330 e. The molecule has 1 aliphatic heterocycles. The summed E-state index contributed by atoms with van der Waals surface area (Å²) in [6, 6.07) is 30.7. The normalized spacial score (nSPS) is 21.6. The molecule has 1 aliphatic rings. The van der Waals surface area contributed by atoms with Crippen LogP contribution in [0.4, 0.5) is 0 Å². The molecule has 1 heterocycles. The average molecular weight is 346 g/mol. The third-order valence-electron chi connectivity index (χ3n) is 4.71. The van der Waals surface area contributed by atoms with Gasteiger partial charge >= 0.3 is 0 Å². The Labute approximate surface area is 154 Å². The molecule has 132 valence electrons. The van der Waals surface area contributed by atoms with Crippen molar-refractivity contribution >= 4 is 0 Å². The van der Waals surface area contributed by atoms with Crippen LogP contribution in [0.3, 0.4) is 0 Å². The molecule has 0 aromatic heterocycles. The number of hydrogen-bond donors (Lipinski definition) is 0. The molecule has 3 nitrogen and oxygen atoms in total. The Hall–Kier alpha value is -2.46. The third-order valence-corrected chi connectivity index (χ3v) is 4.71. The number of rotatable bonds is 5. The Morgan fingerprint density at radius 3 is 1.77 bits per heavy atom. The monoisotopic (exact) mass is 346 g/mol. The van der Waals surface area contributed by atoms with Gasteiger partial charge in [0.2, 0.25) is 0 Å². The molecule has 0 aliphatic carbocycles. The Morgan fingerprint density at radius 2 is 1.27 bits per heavy atom. The summed E-state index contributed by atoms with van der Waals surface area (Å²) < 4.78 is 18.5. The highest BCUT2D eigenvalue weighted by Gasteiger charge is 2.53. The van der Waals surface area contributed by atoms with Crippen molar-refractivity contribution in [2.75, 3.05) is 6.61 Å². The van der Waals surface area contributed by atoms with Crippen LogP contribution in [0, 0.1) is 0 Å². The van der Waals surface area contributed by atoms with Crippen molar-refractivity contribution in [3.8, 4) is 0 Å². The van der Waals surface area contributed by atoms with Crippen molar-refractivity contribution in [3.63, 3.8) is 0 Å². The van der Waals surface area contributed by atoms with Crippen molar-refractivity contribution in [3.05, 3.63) is 108 Å². The molecular weight excluding hydrogens is 324 g/mol. The van der Waals surface area contributed by atoms with E-state index < -0.39 is 12.1 Å². The first kappa shape index (κ1) is 17.0. The van der Waals surface area contributed by atoms with Gasteiger partial charge in [-0.15, -0.1) is 0 Å². The fourth-order valence-electron chi connectivity index (χ4n) is 3.58. The Balaban J connectivity index is 1.92. The summed E-state index contributed by atoms with van der Waals surface area (Å²) in [7, 11) is 0. The molecule has 3 heteroatoms. The van der Waals surface area contributed by atoms with E-state index in [0.29, 0.717) is 6.61 Å². The third kappa shape index (κ3) is 2.95. The molecule has 1 unspecified atom stereocenters. The first-order chi connectivity index (χ1) is 12.8. The highest BCUT2D eigenvalue weighted by atomic mass is 16.9. The van der Waals surface area contributed by atoms with Gasteiger partial charge in [-0.3, -0.25) is 0 Å². The maximum absolute atomic E-state index is 6.48. The topological polar surface area (TPSA) is 27.7 Å². The molecule has 4 rings (SSSR count). The zero-order chi connectivity index (χ0) is 17.8. The Bertz CT molecular complexity index is 778. The van der Waals surface area contributed by atoms with Crippen molar-refractivity contribution in [1.29, 1.82) is 0 Å². The first-order valence-electron chi connectivity index (χ1n) is 8.95. The molecular formula is C23H22O3. The lowest BCUT2D eigenvalue weighted by molar-refractivity contribution is -0.248. The van der Waals surface area contributed by atoms with Crippen LogP contribution in [-0.4, -0.2) is 13.1 Å². The molecule has 1 fully saturated rings. The SMILES string of the molecule is CCOC1O[C@@H](c2ccccc2)C(c2ccccc2)(c2ccccc2)O1. The molecule has 0 saturated carbocycles. The van der Waals surface area contributed by atoms with Crippen molar-refractivity contribution in [2.24, 2.45) is 0 Å². The number of ether oxygens (including phenoxy) is 3. The highest BCUT2D eigenvalue weighted by molar-refractivity contribution is 5.42. The minimum absolute atomic E-state index is 0.315. The second kappa shape index (κ2) is 7.42. The summed E-state index contributed by atoms with van der Waals surface area (Å²) in [5.74, 6) is 0. The maximum atomic E-state index is 6.48. The van der Waals surface area contributed by atoms with Gasteiger partial charge in [0.15, 0.2) is 5.60 Å². The molecule has 0 N–H and O–H groups in total. The predicted octanol–water partition coefficient (Wildman–Crippen LogP) is 5.04. The van der Waals surface area contributed by atoms with Gasteiger partial charge in [-0.2, -0.15) is 0 Å². The zero-order valence-electron chi connectivity index (χ0n) is 14.7. The van der Waals surface area contributed by atoms with E-state index in [4.69, 9.17) is 14.2 Å². The lowest BCUT2D eigenvalue weighted by Crippen LogP contribution is -2.33.